The van der Waals surface area contributed by atoms with Gasteiger partial charge in [-0.1, -0.05) is 12.1 Å². The topological polar surface area (TPSA) is 81.3 Å². The molecule has 5 aromatic rings. The Balaban J connectivity index is 1.64. The van der Waals surface area contributed by atoms with Gasteiger partial charge in [0.05, 0.1) is 22.4 Å². The molecule has 0 unspecified atom stereocenters. The van der Waals surface area contributed by atoms with E-state index in [4.69, 9.17) is 0 Å². The van der Waals surface area contributed by atoms with Gasteiger partial charge in [-0.15, -0.1) is 0 Å². The number of aromatic nitrogens is 4. The molecule has 0 radical (unpaired) electrons. The van der Waals surface area contributed by atoms with E-state index in [1.807, 2.05) is 0 Å². The summed E-state index contributed by atoms with van der Waals surface area (Å²) in [6.07, 6.45) is 3.19. The number of rotatable bonds is 4. The highest BCUT2D eigenvalue weighted by atomic mass is 19.1. The minimum Gasteiger partial charge on any atom is -0.322 e. The highest BCUT2D eigenvalue weighted by molar-refractivity contribution is 5.93. The quantitative estimate of drug-likeness (QED) is 0.471. The minimum atomic E-state index is -0.753. The van der Waals surface area contributed by atoms with E-state index in [9.17, 15) is 18.4 Å². The number of hydrogen-bond acceptors (Lipinski definition) is 4. The summed E-state index contributed by atoms with van der Waals surface area (Å²) in [7, 11) is 0. The second-order valence-corrected chi connectivity index (χ2v) is 7.10. The van der Waals surface area contributed by atoms with Crippen molar-refractivity contribution in [1.29, 1.82) is 0 Å². The molecule has 0 bridgehead atoms. The average Bonchev–Trinajstić information content (AvgIpc) is 3.11. The Morgan fingerprint density at radius 3 is 2.50 bits per heavy atom. The first kappa shape index (κ1) is 19.6. The molecule has 3 aromatic heterocycles. The molecule has 2 aromatic carbocycles. The number of carbonyl (C=O) groups is 1. The lowest BCUT2D eigenvalue weighted by Crippen LogP contribution is -2.21. The molecule has 0 aliphatic rings. The van der Waals surface area contributed by atoms with Gasteiger partial charge in [0.1, 0.15) is 18.2 Å². The van der Waals surface area contributed by atoms with Gasteiger partial charge in [0.25, 0.3) is 5.56 Å². The number of nitrogens with one attached hydrogen (secondary N) is 1. The van der Waals surface area contributed by atoms with Crippen LogP contribution in [0.1, 0.15) is 0 Å². The molecule has 1 N–H and O–H groups in total. The van der Waals surface area contributed by atoms with Crippen molar-refractivity contribution < 1.29 is 13.6 Å². The third-order valence-corrected chi connectivity index (χ3v) is 5.04. The zero-order valence-electron chi connectivity index (χ0n) is 16.5. The first-order valence-corrected chi connectivity index (χ1v) is 9.67. The number of halogens is 2. The van der Waals surface area contributed by atoms with E-state index in [0.29, 0.717) is 22.3 Å². The molecule has 0 aliphatic heterocycles. The number of hydrogen-bond donors (Lipinski definition) is 1. The molecule has 0 spiro atoms. The number of fused-ring (bicyclic) bond motifs is 3. The first-order chi connectivity index (χ1) is 15.5. The molecule has 0 fully saturated rings. The lowest BCUT2D eigenvalue weighted by atomic mass is 10.2. The summed E-state index contributed by atoms with van der Waals surface area (Å²) in [4.78, 5) is 34.3. The summed E-state index contributed by atoms with van der Waals surface area (Å²) in [5, 5.41) is 2.38. The Kier molecular flexibility index (Phi) is 4.70. The molecule has 3 heterocycles. The van der Waals surface area contributed by atoms with Crippen LogP contribution in [0.15, 0.2) is 77.9 Å². The van der Waals surface area contributed by atoms with Gasteiger partial charge in [-0.2, -0.15) is 0 Å². The van der Waals surface area contributed by atoms with Crippen LogP contribution >= 0.6 is 0 Å². The summed E-state index contributed by atoms with van der Waals surface area (Å²) < 4.78 is 30.4. The standard InChI is InChI=1S/C23H15F2N5O2/c24-15-5-6-16(25)18(11-15)27-21(31)13-29-19-3-1-2-4-20(19)30-22(32)12-17(28-23(29)30)14-7-9-26-10-8-14/h1-12H,13H2,(H,27,31). The third-order valence-electron chi connectivity index (χ3n) is 5.04. The van der Waals surface area contributed by atoms with Crippen LogP contribution in [0.5, 0.6) is 0 Å². The number of imidazole rings is 1. The predicted octanol–water partition coefficient (Wildman–Crippen LogP) is 3.63. The predicted molar refractivity (Wildman–Crippen MR) is 115 cm³/mol. The summed E-state index contributed by atoms with van der Waals surface area (Å²) in [5.41, 5.74) is 1.72. The van der Waals surface area contributed by atoms with E-state index >= 15 is 0 Å². The average molecular weight is 431 g/mol. The second-order valence-electron chi connectivity index (χ2n) is 7.10. The maximum absolute atomic E-state index is 14.0. The van der Waals surface area contributed by atoms with E-state index in [2.05, 4.69) is 15.3 Å². The molecule has 5 rings (SSSR count). The number of amides is 1. The van der Waals surface area contributed by atoms with Crippen molar-refractivity contribution in [2.24, 2.45) is 0 Å². The third kappa shape index (κ3) is 3.39. The molecule has 1 amide bonds. The molecule has 0 saturated carbocycles. The molecular formula is C23H15F2N5O2. The SMILES string of the molecule is O=C(Cn1c2ccccc2n2c(=O)cc(-c3ccncc3)nc12)Nc1cc(F)ccc1F. The Bertz CT molecular complexity index is 1540. The molecule has 7 nitrogen and oxygen atoms in total. The summed E-state index contributed by atoms with van der Waals surface area (Å²) in [5.74, 6) is -1.77. The van der Waals surface area contributed by atoms with E-state index < -0.39 is 17.5 Å². The lowest BCUT2D eigenvalue weighted by Gasteiger charge is -2.09. The van der Waals surface area contributed by atoms with Gasteiger partial charge in [-0.25, -0.2) is 18.2 Å². The van der Waals surface area contributed by atoms with Crippen molar-refractivity contribution in [1.82, 2.24) is 18.9 Å². The van der Waals surface area contributed by atoms with Gasteiger partial charge in [-0.3, -0.25) is 14.6 Å². The second kappa shape index (κ2) is 7.69. The molecule has 32 heavy (non-hydrogen) atoms. The zero-order chi connectivity index (χ0) is 22.2. The van der Waals surface area contributed by atoms with Crippen molar-refractivity contribution >= 4 is 28.4 Å². The normalized spacial score (nSPS) is 11.2. The van der Waals surface area contributed by atoms with Crippen LogP contribution in [0.4, 0.5) is 14.5 Å². The van der Waals surface area contributed by atoms with E-state index in [-0.39, 0.29) is 23.6 Å². The van der Waals surface area contributed by atoms with Crippen LogP contribution in [0.3, 0.4) is 0 Å². The van der Waals surface area contributed by atoms with Crippen LogP contribution in [-0.4, -0.2) is 24.8 Å². The largest absolute Gasteiger partial charge is 0.322 e. The fourth-order valence-electron chi connectivity index (χ4n) is 3.62. The summed E-state index contributed by atoms with van der Waals surface area (Å²) in [6.45, 7) is -0.265. The Morgan fingerprint density at radius 2 is 1.72 bits per heavy atom. The number of nitrogens with zero attached hydrogens (tertiary/aromatic N) is 4. The van der Waals surface area contributed by atoms with Crippen LogP contribution in [0.25, 0.3) is 28.1 Å². The summed E-state index contributed by atoms with van der Waals surface area (Å²) >= 11 is 0. The van der Waals surface area contributed by atoms with Gasteiger partial charge in [0.2, 0.25) is 11.7 Å². The lowest BCUT2D eigenvalue weighted by molar-refractivity contribution is -0.116. The van der Waals surface area contributed by atoms with Crippen molar-refractivity contribution in [3.8, 4) is 11.3 Å². The number of pyridine rings is 1. The van der Waals surface area contributed by atoms with Crippen LogP contribution in [0, 0.1) is 11.6 Å². The smallest absolute Gasteiger partial charge is 0.260 e. The van der Waals surface area contributed by atoms with Crippen molar-refractivity contribution in [2.75, 3.05) is 5.32 Å². The number of anilines is 1. The van der Waals surface area contributed by atoms with Crippen molar-refractivity contribution in [3.63, 3.8) is 0 Å². The fourth-order valence-corrected chi connectivity index (χ4v) is 3.62. The van der Waals surface area contributed by atoms with Crippen LogP contribution in [-0.2, 0) is 11.3 Å². The molecule has 0 atom stereocenters. The monoisotopic (exact) mass is 431 g/mol. The maximum Gasteiger partial charge on any atom is 0.260 e. The minimum absolute atomic E-state index is 0.250. The Hall–Kier alpha value is -4.40. The fraction of sp³-hybridized carbons (Fsp3) is 0.0435. The maximum atomic E-state index is 14.0. The highest BCUT2D eigenvalue weighted by Crippen LogP contribution is 2.22. The van der Waals surface area contributed by atoms with Gasteiger partial charge in [0, 0.05) is 30.1 Å². The number of para-hydroxylation sites is 2. The molecule has 0 aliphatic carbocycles. The molecule has 0 saturated heterocycles. The van der Waals surface area contributed by atoms with Crippen molar-refractivity contribution in [2.45, 2.75) is 6.54 Å². The summed E-state index contributed by atoms with van der Waals surface area (Å²) in [6, 6.07) is 14.7. The van der Waals surface area contributed by atoms with Gasteiger partial charge in [-0.05, 0) is 36.4 Å². The van der Waals surface area contributed by atoms with E-state index in [1.54, 1.807) is 53.4 Å². The molecular weight excluding hydrogens is 416 g/mol. The number of carbonyl (C=O) groups excluding carboxylic acids is 1. The Labute approximate surface area is 179 Å². The molecule has 9 heteroatoms. The highest BCUT2D eigenvalue weighted by Gasteiger charge is 2.18. The zero-order valence-corrected chi connectivity index (χ0v) is 16.5. The van der Waals surface area contributed by atoms with Crippen LogP contribution < -0.4 is 10.9 Å². The van der Waals surface area contributed by atoms with Gasteiger partial charge >= 0.3 is 0 Å². The van der Waals surface area contributed by atoms with Crippen LogP contribution in [0.2, 0.25) is 0 Å². The van der Waals surface area contributed by atoms with Gasteiger partial charge < -0.3 is 9.88 Å². The number of benzene rings is 2. The first-order valence-electron chi connectivity index (χ1n) is 9.67. The van der Waals surface area contributed by atoms with E-state index in [0.717, 1.165) is 18.2 Å². The van der Waals surface area contributed by atoms with Crippen molar-refractivity contribution in [3.05, 3.63) is 95.0 Å². The molecule has 158 valence electrons. The Morgan fingerprint density at radius 1 is 0.969 bits per heavy atom. The van der Waals surface area contributed by atoms with E-state index in [1.165, 1.54) is 10.5 Å². The van der Waals surface area contributed by atoms with Gasteiger partial charge in [0.15, 0.2) is 0 Å².